The number of ether oxygens (including phenoxy) is 3. The summed E-state index contributed by atoms with van der Waals surface area (Å²) < 4.78 is 15.6. The van der Waals surface area contributed by atoms with Crippen molar-refractivity contribution in [3.63, 3.8) is 0 Å². The number of nitrogens with one attached hydrogen (secondary N) is 1. The number of nitro benzene ring substituents is 1. The van der Waals surface area contributed by atoms with Gasteiger partial charge in [-0.05, 0) is 19.1 Å². The number of methoxy groups -OCH3 is 3. The summed E-state index contributed by atoms with van der Waals surface area (Å²) >= 11 is 0. The molecule has 0 saturated carbocycles. The number of non-ortho nitro benzene ring substituents is 1. The lowest BCUT2D eigenvalue weighted by molar-refractivity contribution is -0.384. The normalized spacial score (nSPS) is 10.9. The highest BCUT2D eigenvalue weighted by Crippen LogP contribution is 2.38. The van der Waals surface area contributed by atoms with Gasteiger partial charge < -0.3 is 14.2 Å². The zero-order valence-electron chi connectivity index (χ0n) is 15.3. The van der Waals surface area contributed by atoms with Crippen molar-refractivity contribution in [2.75, 3.05) is 21.3 Å². The van der Waals surface area contributed by atoms with Crippen LogP contribution in [-0.2, 0) is 0 Å². The SMILES string of the molecule is COc1cc(C(=O)NN=C(C)c2cccc([N+](=O)[O-])c2)cc(OC)c1OC. The Morgan fingerprint density at radius 3 is 2.19 bits per heavy atom. The lowest BCUT2D eigenvalue weighted by atomic mass is 10.1. The molecule has 0 aliphatic carbocycles. The summed E-state index contributed by atoms with van der Waals surface area (Å²) in [5.74, 6) is 0.537. The minimum atomic E-state index is -0.501. The Hall–Kier alpha value is -3.62. The van der Waals surface area contributed by atoms with Crippen molar-refractivity contribution < 1.29 is 23.9 Å². The van der Waals surface area contributed by atoms with Crippen LogP contribution in [0.25, 0.3) is 0 Å². The van der Waals surface area contributed by atoms with Gasteiger partial charge in [0, 0.05) is 23.3 Å². The van der Waals surface area contributed by atoms with Crippen molar-refractivity contribution in [3.05, 3.63) is 57.6 Å². The van der Waals surface area contributed by atoms with E-state index >= 15 is 0 Å². The Labute approximate surface area is 155 Å². The van der Waals surface area contributed by atoms with Crippen molar-refractivity contribution >= 4 is 17.3 Å². The maximum atomic E-state index is 12.4. The highest BCUT2D eigenvalue weighted by atomic mass is 16.6. The molecule has 0 radical (unpaired) electrons. The molecule has 0 unspecified atom stereocenters. The van der Waals surface area contributed by atoms with Crippen molar-refractivity contribution in [2.24, 2.45) is 5.10 Å². The molecule has 27 heavy (non-hydrogen) atoms. The second kappa shape index (κ2) is 8.65. The van der Waals surface area contributed by atoms with E-state index in [1.165, 1.54) is 45.6 Å². The number of rotatable bonds is 7. The van der Waals surface area contributed by atoms with Gasteiger partial charge in [-0.2, -0.15) is 5.10 Å². The molecule has 0 aliphatic rings. The van der Waals surface area contributed by atoms with Gasteiger partial charge in [0.1, 0.15) is 0 Å². The van der Waals surface area contributed by atoms with E-state index in [0.29, 0.717) is 28.5 Å². The zero-order chi connectivity index (χ0) is 20.0. The molecule has 1 amide bonds. The van der Waals surface area contributed by atoms with E-state index in [9.17, 15) is 14.9 Å². The van der Waals surface area contributed by atoms with Crippen molar-refractivity contribution in [2.45, 2.75) is 6.92 Å². The van der Waals surface area contributed by atoms with Gasteiger partial charge in [-0.15, -0.1) is 0 Å². The second-order valence-corrected chi connectivity index (χ2v) is 5.36. The second-order valence-electron chi connectivity index (χ2n) is 5.36. The predicted molar refractivity (Wildman–Crippen MR) is 98.9 cm³/mol. The molecule has 9 heteroatoms. The van der Waals surface area contributed by atoms with Gasteiger partial charge in [-0.3, -0.25) is 14.9 Å². The summed E-state index contributed by atoms with van der Waals surface area (Å²) in [6.45, 7) is 1.63. The first kappa shape index (κ1) is 19.7. The molecule has 142 valence electrons. The van der Waals surface area contributed by atoms with E-state index in [1.807, 2.05) is 0 Å². The summed E-state index contributed by atoms with van der Waals surface area (Å²) in [5.41, 5.74) is 3.54. The van der Waals surface area contributed by atoms with Gasteiger partial charge in [0.05, 0.1) is 32.0 Å². The van der Waals surface area contributed by atoms with Crippen LogP contribution in [0, 0.1) is 10.1 Å². The molecule has 2 aromatic rings. The predicted octanol–water partition coefficient (Wildman–Crippen LogP) is 2.77. The Morgan fingerprint density at radius 1 is 1.04 bits per heavy atom. The first-order chi connectivity index (χ1) is 12.9. The van der Waals surface area contributed by atoms with Crippen molar-refractivity contribution in [1.82, 2.24) is 5.43 Å². The molecule has 2 rings (SSSR count). The number of hydrazone groups is 1. The maximum absolute atomic E-state index is 12.4. The van der Waals surface area contributed by atoms with Gasteiger partial charge in [0.15, 0.2) is 11.5 Å². The van der Waals surface area contributed by atoms with Gasteiger partial charge in [-0.1, -0.05) is 12.1 Å². The highest BCUT2D eigenvalue weighted by Gasteiger charge is 2.17. The van der Waals surface area contributed by atoms with Crippen LogP contribution >= 0.6 is 0 Å². The number of benzene rings is 2. The fraction of sp³-hybridized carbons (Fsp3) is 0.222. The van der Waals surface area contributed by atoms with Crippen LogP contribution in [0.1, 0.15) is 22.8 Å². The minimum Gasteiger partial charge on any atom is -0.493 e. The molecule has 0 atom stereocenters. The summed E-state index contributed by atoms with van der Waals surface area (Å²) in [6.07, 6.45) is 0. The van der Waals surface area contributed by atoms with E-state index in [-0.39, 0.29) is 11.3 Å². The molecule has 9 nitrogen and oxygen atoms in total. The molecule has 0 heterocycles. The van der Waals surface area contributed by atoms with Crippen LogP contribution < -0.4 is 19.6 Å². The molecule has 0 aromatic heterocycles. The Kier molecular flexibility index (Phi) is 6.32. The summed E-state index contributed by atoms with van der Waals surface area (Å²) in [6, 6.07) is 8.96. The standard InChI is InChI=1S/C18H19N3O6/c1-11(12-6-5-7-14(8-12)21(23)24)19-20-18(22)13-9-15(25-2)17(27-4)16(10-13)26-3/h5-10H,1-4H3,(H,20,22). The molecular formula is C18H19N3O6. The number of amides is 1. The summed E-state index contributed by atoms with van der Waals surface area (Å²) in [4.78, 5) is 22.8. The summed E-state index contributed by atoms with van der Waals surface area (Å²) in [7, 11) is 4.36. The Morgan fingerprint density at radius 2 is 1.67 bits per heavy atom. The number of hydrogen-bond donors (Lipinski definition) is 1. The highest BCUT2D eigenvalue weighted by molar-refractivity contribution is 6.01. The fourth-order valence-corrected chi connectivity index (χ4v) is 2.32. The smallest absolute Gasteiger partial charge is 0.271 e. The van der Waals surface area contributed by atoms with E-state index in [0.717, 1.165) is 0 Å². The molecule has 2 aromatic carbocycles. The van der Waals surface area contributed by atoms with Gasteiger partial charge >= 0.3 is 0 Å². The average Bonchev–Trinajstić information content (AvgIpc) is 2.70. The van der Waals surface area contributed by atoms with Crippen LogP contribution in [-0.4, -0.2) is 37.9 Å². The number of carbonyl (C=O) groups excluding carboxylic acids is 1. The lowest BCUT2D eigenvalue weighted by Gasteiger charge is -2.13. The monoisotopic (exact) mass is 373 g/mol. The number of nitrogens with zero attached hydrogens (tertiary/aromatic N) is 2. The van der Waals surface area contributed by atoms with Gasteiger partial charge in [0.25, 0.3) is 11.6 Å². The van der Waals surface area contributed by atoms with E-state index in [1.54, 1.807) is 19.1 Å². The maximum Gasteiger partial charge on any atom is 0.271 e. The Bertz CT molecular complexity index is 869. The van der Waals surface area contributed by atoms with Crippen LogP contribution in [0.4, 0.5) is 5.69 Å². The third-order valence-electron chi connectivity index (χ3n) is 3.73. The van der Waals surface area contributed by atoms with Crippen molar-refractivity contribution in [1.29, 1.82) is 0 Å². The molecule has 0 bridgehead atoms. The zero-order valence-corrected chi connectivity index (χ0v) is 15.3. The molecule has 0 saturated heterocycles. The average molecular weight is 373 g/mol. The fourth-order valence-electron chi connectivity index (χ4n) is 2.32. The van der Waals surface area contributed by atoms with Crippen LogP contribution in [0.2, 0.25) is 0 Å². The van der Waals surface area contributed by atoms with Crippen LogP contribution in [0.5, 0.6) is 17.2 Å². The first-order valence-electron chi connectivity index (χ1n) is 7.80. The molecule has 0 fully saturated rings. The quantitative estimate of drug-likeness (QED) is 0.454. The Balaban J connectivity index is 2.25. The third kappa shape index (κ3) is 4.51. The van der Waals surface area contributed by atoms with E-state index in [2.05, 4.69) is 10.5 Å². The van der Waals surface area contributed by atoms with Crippen LogP contribution in [0.15, 0.2) is 41.5 Å². The summed E-state index contributed by atoms with van der Waals surface area (Å²) in [5, 5.41) is 14.9. The molecular weight excluding hydrogens is 354 g/mol. The molecule has 0 spiro atoms. The number of hydrogen-bond acceptors (Lipinski definition) is 7. The number of nitro groups is 1. The third-order valence-corrected chi connectivity index (χ3v) is 3.73. The molecule has 1 N–H and O–H groups in total. The largest absolute Gasteiger partial charge is 0.493 e. The number of carbonyl (C=O) groups is 1. The van der Waals surface area contributed by atoms with E-state index in [4.69, 9.17) is 14.2 Å². The van der Waals surface area contributed by atoms with Gasteiger partial charge in [0.2, 0.25) is 5.75 Å². The van der Waals surface area contributed by atoms with E-state index < -0.39 is 10.8 Å². The molecule has 0 aliphatic heterocycles. The van der Waals surface area contributed by atoms with Crippen molar-refractivity contribution in [3.8, 4) is 17.2 Å². The topological polar surface area (TPSA) is 112 Å². The minimum absolute atomic E-state index is 0.0574. The first-order valence-corrected chi connectivity index (χ1v) is 7.80. The van der Waals surface area contributed by atoms with Gasteiger partial charge in [-0.25, -0.2) is 5.43 Å². The lowest BCUT2D eigenvalue weighted by Crippen LogP contribution is -2.19. The van der Waals surface area contributed by atoms with Crippen LogP contribution in [0.3, 0.4) is 0 Å².